The van der Waals surface area contributed by atoms with Crippen LogP contribution in [0.3, 0.4) is 0 Å². The Kier molecular flexibility index (Phi) is 5.33. The molecular weight excluding hydrogens is 224 g/mol. The van der Waals surface area contributed by atoms with Crippen LogP contribution < -0.4 is 56.8 Å². The minimum atomic E-state index is -5.38. The van der Waals surface area contributed by atoms with Crippen LogP contribution in [-0.4, -0.2) is 6.98 Å². The van der Waals surface area contributed by atoms with Crippen molar-refractivity contribution in [3.63, 3.8) is 0 Å². The molecule has 0 unspecified atom stereocenters. The predicted molar refractivity (Wildman–Crippen MR) is 39.8 cm³/mol. The molecule has 1 aromatic carbocycles. The smallest absolute Gasteiger partial charge is 0.445 e. The first kappa shape index (κ1) is 14.1. The number of halogens is 4. The molecule has 1 nitrogen and oxygen atoms in total. The molecule has 0 N–H and O–H groups in total. The molecule has 0 aromatic heterocycles. The summed E-state index contributed by atoms with van der Waals surface area (Å²) in [6.45, 7) is -5.38. The van der Waals surface area contributed by atoms with Gasteiger partial charge in [-0.3, -0.25) is 0 Å². The molecule has 0 fully saturated rings. The van der Waals surface area contributed by atoms with Crippen LogP contribution in [0.5, 0.6) is 0 Å². The first-order valence-corrected chi connectivity index (χ1v) is 3.35. The van der Waals surface area contributed by atoms with Crippen molar-refractivity contribution in [1.82, 2.24) is 0 Å². The standard InChI is InChI=1S/C7H3BF4N.K/c9-7-5(4-13)2-1-3-6(7)8(10,11)12;/h1-3H;/q-1;+1. The van der Waals surface area contributed by atoms with Crippen LogP contribution in [0.2, 0.25) is 0 Å². The van der Waals surface area contributed by atoms with Crippen molar-refractivity contribution >= 4 is 12.4 Å². The van der Waals surface area contributed by atoms with E-state index >= 15 is 0 Å². The Morgan fingerprint density at radius 1 is 1.21 bits per heavy atom. The summed E-state index contributed by atoms with van der Waals surface area (Å²) in [7, 11) is 0. The van der Waals surface area contributed by atoms with E-state index in [1.807, 2.05) is 0 Å². The van der Waals surface area contributed by atoms with Gasteiger partial charge in [-0.05, 0) is 6.07 Å². The average Bonchev–Trinajstić information content (AvgIpc) is 2.02. The van der Waals surface area contributed by atoms with Crippen LogP contribution >= 0.6 is 0 Å². The molecule has 14 heavy (non-hydrogen) atoms. The van der Waals surface area contributed by atoms with Crippen molar-refractivity contribution in [2.75, 3.05) is 0 Å². The van der Waals surface area contributed by atoms with E-state index in [0.29, 0.717) is 6.07 Å². The molecule has 7 heteroatoms. The fourth-order valence-electron chi connectivity index (χ4n) is 0.889. The molecule has 0 amide bonds. The zero-order chi connectivity index (χ0) is 10.1. The Balaban J connectivity index is 0.00000169. The topological polar surface area (TPSA) is 23.8 Å². The summed E-state index contributed by atoms with van der Waals surface area (Å²) in [6.07, 6.45) is 0. The molecule has 0 aliphatic carbocycles. The third-order valence-corrected chi connectivity index (χ3v) is 1.50. The van der Waals surface area contributed by atoms with E-state index < -0.39 is 23.8 Å². The van der Waals surface area contributed by atoms with Crippen LogP contribution in [0.1, 0.15) is 5.56 Å². The van der Waals surface area contributed by atoms with Crippen molar-refractivity contribution in [2.45, 2.75) is 0 Å². The molecular formula is C7H3BF4KN. The van der Waals surface area contributed by atoms with E-state index in [9.17, 15) is 17.3 Å². The van der Waals surface area contributed by atoms with Crippen molar-refractivity contribution in [2.24, 2.45) is 0 Å². The molecule has 0 radical (unpaired) electrons. The summed E-state index contributed by atoms with van der Waals surface area (Å²) in [6, 6.07) is 3.97. The van der Waals surface area contributed by atoms with Crippen LogP contribution in [0.4, 0.5) is 17.3 Å². The van der Waals surface area contributed by atoms with Crippen LogP contribution in [0.25, 0.3) is 0 Å². The first-order chi connectivity index (χ1) is 5.96. The summed E-state index contributed by atoms with van der Waals surface area (Å²) >= 11 is 0. The Morgan fingerprint density at radius 2 is 1.79 bits per heavy atom. The van der Waals surface area contributed by atoms with Gasteiger partial charge in [-0.15, -0.1) is 0 Å². The zero-order valence-corrected chi connectivity index (χ0v) is 10.4. The monoisotopic (exact) mass is 227 g/mol. The second-order valence-corrected chi connectivity index (χ2v) is 2.40. The SMILES string of the molecule is N#Cc1cccc([B-](F)(F)F)c1F.[K+]. The predicted octanol–water partition coefficient (Wildman–Crippen LogP) is -1.24. The fraction of sp³-hybridized carbons (Fsp3) is 0. The van der Waals surface area contributed by atoms with Gasteiger partial charge in [0.1, 0.15) is 11.9 Å². The Labute approximate surface area is 121 Å². The van der Waals surface area contributed by atoms with Gasteiger partial charge in [0.25, 0.3) is 0 Å². The molecule has 68 valence electrons. The minimum Gasteiger partial charge on any atom is -0.445 e. The Morgan fingerprint density at radius 3 is 2.21 bits per heavy atom. The summed E-state index contributed by atoms with van der Waals surface area (Å²) in [5.41, 5.74) is -1.93. The van der Waals surface area contributed by atoms with Gasteiger partial charge < -0.3 is 12.9 Å². The van der Waals surface area contributed by atoms with Crippen LogP contribution in [0, 0.1) is 17.1 Å². The van der Waals surface area contributed by atoms with Crippen LogP contribution in [0.15, 0.2) is 18.2 Å². The minimum absolute atomic E-state index is 0. The Bertz CT molecular complexity index is 371. The Hall–Kier alpha value is 0.131. The molecule has 0 aliphatic heterocycles. The maximum Gasteiger partial charge on any atom is 1.00 e. The molecule has 0 saturated carbocycles. The molecule has 0 bridgehead atoms. The quantitative estimate of drug-likeness (QED) is 0.434. The summed E-state index contributed by atoms with van der Waals surface area (Å²) < 4.78 is 49.1. The molecule has 0 saturated heterocycles. The van der Waals surface area contributed by atoms with Gasteiger partial charge in [-0.25, -0.2) is 4.39 Å². The molecule has 1 aromatic rings. The van der Waals surface area contributed by atoms with Gasteiger partial charge in [-0.2, -0.15) is 5.26 Å². The molecule has 0 spiro atoms. The van der Waals surface area contributed by atoms with Gasteiger partial charge in [0, 0.05) is 0 Å². The van der Waals surface area contributed by atoms with Gasteiger partial charge in [0.2, 0.25) is 0 Å². The van der Waals surface area contributed by atoms with E-state index in [2.05, 4.69) is 0 Å². The van der Waals surface area contributed by atoms with E-state index in [0.717, 1.165) is 12.1 Å². The van der Waals surface area contributed by atoms with Crippen molar-refractivity contribution in [3.8, 4) is 6.07 Å². The van der Waals surface area contributed by atoms with E-state index in [-0.39, 0.29) is 51.4 Å². The number of hydrogen-bond acceptors (Lipinski definition) is 1. The van der Waals surface area contributed by atoms with E-state index in [1.165, 1.54) is 6.07 Å². The van der Waals surface area contributed by atoms with Crippen molar-refractivity contribution in [1.29, 1.82) is 5.26 Å². The van der Waals surface area contributed by atoms with Gasteiger partial charge in [0.15, 0.2) is 0 Å². The largest absolute Gasteiger partial charge is 1.00 e. The second-order valence-electron chi connectivity index (χ2n) is 2.40. The van der Waals surface area contributed by atoms with Gasteiger partial charge >= 0.3 is 58.4 Å². The van der Waals surface area contributed by atoms with Gasteiger partial charge in [0.05, 0.1) is 5.56 Å². The number of nitriles is 1. The second kappa shape index (κ2) is 5.28. The number of rotatable bonds is 1. The van der Waals surface area contributed by atoms with E-state index in [4.69, 9.17) is 5.26 Å². The molecule has 1 rings (SSSR count). The summed E-state index contributed by atoms with van der Waals surface area (Å²) in [4.78, 5) is 0. The normalized spacial score (nSPS) is 10.2. The maximum atomic E-state index is 12.8. The molecule has 0 atom stereocenters. The number of nitrogens with zero attached hydrogens (tertiary/aromatic N) is 1. The number of hydrogen-bond donors (Lipinski definition) is 0. The fourth-order valence-corrected chi connectivity index (χ4v) is 0.889. The van der Waals surface area contributed by atoms with E-state index in [1.54, 1.807) is 0 Å². The zero-order valence-electron chi connectivity index (χ0n) is 7.27. The third-order valence-electron chi connectivity index (χ3n) is 1.50. The molecule has 0 heterocycles. The number of benzene rings is 1. The van der Waals surface area contributed by atoms with Crippen molar-refractivity contribution < 1.29 is 68.7 Å². The van der Waals surface area contributed by atoms with Gasteiger partial charge in [-0.1, -0.05) is 17.6 Å². The van der Waals surface area contributed by atoms with Crippen molar-refractivity contribution in [3.05, 3.63) is 29.6 Å². The molecule has 0 aliphatic rings. The van der Waals surface area contributed by atoms with Crippen LogP contribution in [-0.2, 0) is 0 Å². The summed E-state index contributed by atoms with van der Waals surface area (Å²) in [5.74, 6) is -1.49. The first-order valence-electron chi connectivity index (χ1n) is 3.35. The average molecular weight is 227 g/mol. The maximum absolute atomic E-state index is 12.8. The summed E-state index contributed by atoms with van der Waals surface area (Å²) in [5, 5.41) is 8.26. The third kappa shape index (κ3) is 3.07.